The average Bonchev–Trinajstić information content (AvgIpc) is 3.11. The van der Waals surface area contributed by atoms with Gasteiger partial charge in [0.25, 0.3) is 5.89 Å². The molecule has 28 heavy (non-hydrogen) atoms. The molecule has 0 aliphatic carbocycles. The number of nitrogens with one attached hydrogen (secondary N) is 1. The van der Waals surface area contributed by atoms with Crippen LogP contribution in [-0.4, -0.2) is 80.8 Å². The van der Waals surface area contributed by atoms with Gasteiger partial charge in [-0.1, -0.05) is 5.16 Å². The fourth-order valence-corrected chi connectivity index (χ4v) is 4.06. The summed E-state index contributed by atoms with van der Waals surface area (Å²) in [5.41, 5.74) is 0.623. The molecule has 0 saturated carbocycles. The number of hydrogen-bond donors (Lipinski definition) is 1. The monoisotopic (exact) mass is 429 g/mol. The standard InChI is InChI=1S/C17H23N5O4S.ClH/c1-21(2)15(23)11-27(24,25)13-6-4-12(5-7-13)17-19-16(20-26-17)14-10-18-8-9-22(14)3;/h4-7,14,18H,8-11H2,1-3H3;1H. The van der Waals surface area contributed by atoms with Crippen LogP contribution in [0, 0.1) is 0 Å². The maximum Gasteiger partial charge on any atom is 0.257 e. The summed E-state index contributed by atoms with van der Waals surface area (Å²) in [5, 5.41) is 7.36. The number of rotatable bonds is 5. The summed E-state index contributed by atoms with van der Waals surface area (Å²) in [5.74, 6) is -0.110. The van der Waals surface area contributed by atoms with Crippen molar-refractivity contribution in [2.75, 3.05) is 46.5 Å². The second-order valence-electron chi connectivity index (χ2n) is 6.73. The molecule has 11 heteroatoms. The van der Waals surface area contributed by atoms with Crippen LogP contribution in [0.3, 0.4) is 0 Å². The minimum absolute atomic E-state index is 0. The number of hydrogen-bond acceptors (Lipinski definition) is 8. The van der Waals surface area contributed by atoms with Gasteiger partial charge in [-0.25, -0.2) is 8.42 Å². The molecule has 1 atom stereocenters. The van der Waals surface area contributed by atoms with Crippen LogP contribution >= 0.6 is 12.4 Å². The first kappa shape index (κ1) is 22.3. The molecular formula is C17H24ClN5O4S. The third kappa shape index (κ3) is 4.88. The van der Waals surface area contributed by atoms with E-state index in [1.54, 1.807) is 12.1 Å². The van der Waals surface area contributed by atoms with E-state index in [9.17, 15) is 13.2 Å². The fraction of sp³-hybridized carbons (Fsp3) is 0.471. The highest BCUT2D eigenvalue weighted by molar-refractivity contribution is 7.92. The van der Waals surface area contributed by atoms with E-state index in [1.807, 2.05) is 7.05 Å². The maximum absolute atomic E-state index is 12.3. The summed E-state index contributed by atoms with van der Waals surface area (Å²) in [6.07, 6.45) is 0. The van der Waals surface area contributed by atoms with Crippen molar-refractivity contribution in [1.29, 1.82) is 0 Å². The Bertz CT molecular complexity index is 914. The molecule has 1 saturated heterocycles. The Labute approximate surface area is 170 Å². The van der Waals surface area contributed by atoms with Crippen molar-refractivity contribution < 1.29 is 17.7 Å². The summed E-state index contributed by atoms with van der Waals surface area (Å²) in [7, 11) is 1.36. The lowest BCUT2D eigenvalue weighted by Crippen LogP contribution is -2.44. The van der Waals surface area contributed by atoms with E-state index in [1.165, 1.54) is 31.1 Å². The highest BCUT2D eigenvalue weighted by Gasteiger charge is 2.26. The first-order chi connectivity index (χ1) is 12.8. The molecule has 0 bridgehead atoms. The zero-order valence-electron chi connectivity index (χ0n) is 16.0. The minimum Gasteiger partial charge on any atom is -0.348 e. The number of benzene rings is 1. The molecular weight excluding hydrogens is 406 g/mol. The molecule has 9 nitrogen and oxygen atoms in total. The summed E-state index contributed by atoms with van der Waals surface area (Å²) in [6, 6.07) is 6.14. The molecule has 0 spiro atoms. The predicted molar refractivity (Wildman–Crippen MR) is 106 cm³/mol. The number of carbonyl (C=O) groups excluding carboxylic acids is 1. The van der Waals surface area contributed by atoms with Crippen molar-refractivity contribution in [3.8, 4) is 11.5 Å². The Balaban J connectivity index is 0.00000280. The van der Waals surface area contributed by atoms with Gasteiger partial charge < -0.3 is 14.7 Å². The van der Waals surface area contributed by atoms with Crippen LogP contribution in [0.5, 0.6) is 0 Å². The van der Waals surface area contributed by atoms with Gasteiger partial charge in [0.1, 0.15) is 5.75 Å². The van der Waals surface area contributed by atoms with E-state index in [0.29, 0.717) is 17.3 Å². The molecule has 1 N–H and O–H groups in total. The van der Waals surface area contributed by atoms with Gasteiger partial charge in [0.2, 0.25) is 5.91 Å². The number of carbonyl (C=O) groups is 1. The zero-order valence-corrected chi connectivity index (χ0v) is 17.6. The lowest BCUT2D eigenvalue weighted by Gasteiger charge is -2.30. The van der Waals surface area contributed by atoms with Crippen molar-refractivity contribution in [2.24, 2.45) is 0 Å². The van der Waals surface area contributed by atoms with Crippen LogP contribution in [0.15, 0.2) is 33.7 Å². The third-order valence-corrected chi connectivity index (χ3v) is 6.14. The molecule has 1 unspecified atom stereocenters. The first-order valence-electron chi connectivity index (χ1n) is 8.56. The number of sulfone groups is 1. The lowest BCUT2D eigenvalue weighted by atomic mass is 10.2. The van der Waals surface area contributed by atoms with Crippen LogP contribution in [0.2, 0.25) is 0 Å². The Kier molecular flexibility index (Phi) is 7.16. The number of aromatic nitrogens is 2. The number of piperazine rings is 1. The number of likely N-dealkylation sites (N-methyl/N-ethyl adjacent to an activating group) is 1. The van der Waals surface area contributed by atoms with Crippen LogP contribution in [0.1, 0.15) is 11.9 Å². The molecule has 0 radical (unpaired) electrons. The van der Waals surface area contributed by atoms with Crippen molar-refractivity contribution >= 4 is 28.2 Å². The summed E-state index contributed by atoms with van der Waals surface area (Å²) in [6.45, 7) is 2.56. The molecule has 1 aromatic carbocycles. The molecule has 3 rings (SSSR count). The Morgan fingerprint density at radius 1 is 1.32 bits per heavy atom. The fourth-order valence-electron chi connectivity index (χ4n) is 2.76. The van der Waals surface area contributed by atoms with E-state index in [2.05, 4.69) is 20.4 Å². The van der Waals surface area contributed by atoms with E-state index in [4.69, 9.17) is 4.52 Å². The van der Waals surface area contributed by atoms with Gasteiger partial charge in [0.05, 0.1) is 10.9 Å². The van der Waals surface area contributed by atoms with Gasteiger partial charge in [-0.2, -0.15) is 4.98 Å². The number of halogens is 1. The molecule has 2 heterocycles. The summed E-state index contributed by atoms with van der Waals surface area (Å²) < 4.78 is 30.0. The van der Waals surface area contributed by atoms with Crippen LogP contribution in [0.4, 0.5) is 0 Å². The Hall–Kier alpha value is -2.01. The van der Waals surface area contributed by atoms with Gasteiger partial charge in [-0.15, -0.1) is 12.4 Å². The summed E-state index contributed by atoms with van der Waals surface area (Å²) >= 11 is 0. The number of amides is 1. The molecule has 1 fully saturated rings. The van der Waals surface area contributed by atoms with Crippen LogP contribution in [-0.2, 0) is 14.6 Å². The van der Waals surface area contributed by atoms with E-state index >= 15 is 0 Å². The molecule has 1 aromatic heterocycles. The van der Waals surface area contributed by atoms with Crippen molar-refractivity contribution in [1.82, 2.24) is 25.3 Å². The second-order valence-corrected chi connectivity index (χ2v) is 8.72. The topological polar surface area (TPSA) is 109 Å². The largest absolute Gasteiger partial charge is 0.348 e. The molecule has 1 amide bonds. The van der Waals surface area contributed by atoms with E-state index in [0.717, 1.165) is 19.6 Å². The van der Waals surface area contributed by atoms with Crippen molar-refractivity contribution in [3.63, 3.8) is 0 Å². The maximum atomic E-state index is 12.3. The Morgan fingerprint density at radius 2 is 2.00 bits per heavy atom. The third-order valence-electron chi connectivity index (χ3n) is 4.52. The molecule has 1 aliphatic heterocycles. The van der Waals surface area contributed by atoms with E-state index in [-0.39, 0.29) is 23.3 Å². The van der Waals surface area contributed by atoms with E-state index < -0.39 is 21.5 Å². The quantitative estimate of drug-likeness (QED) is 0.735. The summed E-state index contributed by atoms with van der Waals surface area (Å²) in [4.78, 5) is 19.6. The van der Waals surface area contributed by atoms with Gasteiger partial charge in [0.15, 0.2) is 15.7 Å². The van der Waals surface area contributed by atoms with Gasteiger partial charge in [-0.3, -0.25) is 9.69 Å². The van der Waals surface area contributed by atoms with Crippen LogP contribution in [0.25, 0.3) is 11.5 Å². The zero-order chi connectivity index (χ0) is 19.6. The smallest absolute Gasteiger partial charge is 0.257 e. The normalized spacial score (nSPS) is 17.8. The lowest BCUT2D eigenvalue weighted by molar-refractivity contribution is -0.125. The van der Waals surface area contributed by atoms with Crippen molar-refractivity contribution in [3.05, 3.63) is 30.1 Å². The molecule has 1 aliphatic rings. The van der Waals surface area contributed by atoms with Crippen molar-refractivity contribution in [2.45, 2.75) is 10.9 Å². The van der Waals surface area contributed by atoms with Gasteiger partial charge >= 0.3 is 0 Å². The second kappa shape index (κ2) is 8.99. The first-order valence-corrected chi connectivity index (χ1v) is 10.2. The molecule has 2 aromatic rings. The number of nitrogens with zero attached hydrogens (tertiary/aromatic N) is 4. The highest BCUT2D eigenvalue weighted by atomic mass is 35.5. The Morgan fingerprint density at radius 3 is 2.61 bits per heavy atom. The highest BCUT2D eigenvalue weighted by Crippen LogP contribution is 2.24. The molecule has 154 valence electrons. The predicted octanol–water partition coefficient (Wildman–Crippen LogP) is 0.596. The van der Waals surface area contributed by atoms with Gasteiger partial charge in [0, 0.05) is 39.3 Å². The van der Waals surface area contributed by atoms with Crippen LogP contribution < -0.4 is 5.32 Å². The SMILES string of the molecule is CN(C)C(=O)CS(=O)(=O)c1ccc(-c2nc(C3CNCCN3C)no2)cc1.Cl. The minimum atomic E-state index is -3.70. The average molecular weight is 430 g/mol. The van der Waals surface area contributed by atoms with Gasteiger partial charge in [-0.05, 0) is 31.3 Å².